The van der Waals surface area contributed by atoms with Crippen LogP contribution in [0.25, 0.3) is 18.3 Å². The second-order valence-corrected chi connectivity index (χ2v) is 5.56. The summed E-state index contributed by atoms with van der Waals surface area (Å²) in [7, 11) is 0. The molecule has 6 nitrogen and oxygen atoms in total. The van der Waals surface area contributed by atoms with E-state index in [1.54, 1.807) is 0 Å². The number of benzene rings is 2. The zero-order valence-electron chi connectivity index (χ0n) is 13.6. The van der Waals surface area contributed by atoms with Crippen LogP contribution in [0.3, 0.4) is 0 Å². The van der Waals surface area contributed by atoms with E-state index in [-0.39, 0.29) is 26.5 Å². The Morgan fingerprint density at radius 3 is 2.18 bits per heavy atom. The summed E-state index contributed by atoms with van der Waals surface area (Å²) in [6.45, 7) is 3.45. The summed E-state index contributed by atoms with van der Waals surface area (Å²) in [6, 6.07) is 5.06. The zero-order chi connectivity index (χ0) is 20.7. The summed E-state index contributed by atoms with van der Waals surface area (Å²) in [4.78, 5) is 22.6. The number of H-pyrrole nitrogens is 1. The lowest BCUT2D eigenvalue weighted by atomic mass is 10.2. The Bertz CT molecular complexity index is 1270. The van der Waals surface area contributed by atoms with Crippen LogP contribution >= 0.6 is 0 Å². The quantitative estimate of drug-likeness (QED) is 0.241. The Kier molecular flexibility index (Phi) is 4.59. The Balaban J connectivity index is 2.29. The molecule has 0 aliphatic carbocycles. The van der Waals surface area contributed by atoms with Crippen molar-refractivity contribution in [2.24, 2.45) is 0 Å². The smallest absolute Gasteiger partial charge is 0.279 e. The van der Waals surface area contributed by atoms with Gasteiger partial charge in [0.05, 0.1) is 15.5 Å². The van der Waals surface area contributed by atoms with Crippen LogP contribution in [0.1, 0.15) is 5.56 Å². The number of nitrogens with zero attached hydrogens (tertiary/aromatic N) is 2. The topological polar surface area (TPSA) is 80.9 Å². The normalized spacial score (nSPS) is 11.8. The lowest BCUT2D eigenvalue weighted by Gasteiger charge is -2.07. The molecule has 11 heteroatoms. The van der Waals surface area contributed by atoms with Gasteiger partial charge in [-0.05, 0) is 11.6 Å². The van der Waals surface area contributed by atoms with Gasteiger partial charge in [-0.15, -0.1) is 0 Å². The number of nitro groups is 1. The maximum atomic E-state index is 14.0. The Labute approximate surface area is 151 Å². The van der Waals surface area contributed by atoms with Crippen molar-refractivity contribution in [3.8, 4) is 5.69 Å². The average molecular weight is 397 g/mol. The summed E-state index contributed by atoms with van der Waals surface area (Å²) in [5.41, 5.74) is -2.76. The highest BCUT2D eigenvalue weighted by atomic mass is 19.2. The SMILES string of the molecule is C=c1[nH]n(-c2c(F)c(F)c(F)c(F)c2F)c(=O)/c1=C\c1cccc([N+](=O)[O-])c1. The molecule has 28 heavy (non-hydrogen) atoms. The van der Waals surface area contributed by atoms with E-state index in [1.807, 2.05) is 0 Å². The third-order valence-electron chi connectivity index (χ3n) is 3.81. The first kappa shape index (κ1) is 19.0. The fourth-order valence-electron chi connectivity index (χ4n) is 2.49. The van der Waals surface area contributed by atoms with Gasteiger partial charge in [-0.2, -0.15) is 0 Å². The van der Waals surface area contributed by atoms with E-state index in [0.29, 0.717) is 0 Å². The first-order valence-corrected chi connectivity index (χ1v) is 7.41. The van der Waals surface area contributed by atoms with Crippen molar-refractivity contribution in [3.05, 3.63) is 90.0 Å². The standard InChI is InChI=1S/C17H8F5N3O3/c1-7-10(6-8-3-2-4-9(5-8)25(27)28)17(26)24(23-7)16-14(21)12(19)11(18)13(20)15(16)22/h2-6,23H,1H2/b10-6-. The van der Waals surface area contributed by atoms with Crippen LogP contribution < -0.4 is 16.1 Å². The van der Waals surface area contributed by atoms with Crippen molar-refractivity contribution >= 4 is 18.3 Å². The van der Waals surface area contributed by atoms with Crippen LogP contribution in [-0.4, -0.2) is 14.7 Å². The molecule has 0 bridgehead atoms. The molecule has 0 amide bonds. The van der Waals surface area contributed by atoms with E-state index in [0.717, 1.165) is 12.1 Å². The highest BCUT2D eigenvalue weighted by molar-refractivity contribution is 5.53. The highest BCUT2D eigenvalue weighted by Crippen LogP contribution is 2.24. The fraction of sp³-hybridized carbons (Fsp3) is 0. The number of aromatic amines is 1. The third kappa shape index (κ3) is 2.96. The number of hydrogen-bond acceptors (Lipinski definition) is 3. The monoisotopic (exact) mass is 397 g/mol. The molecule has 0 unspecified atom stereocenters. The van der Waals surface area contributed by atoms with E-state index in [2.05, 4.69) is 11.7 Å². The summed E-state index contributed by atoms with van der Waals surface area (Å²) in [5, 5.41) is 12.5. The van der Waals surface area contributed by atoms with E-state index in [1.165, 1.54) is 18.2 Å². The summed E-state index contributed by atoms with van der Waals surface area (Å²) < 4.78 is 68.1. The molecule has 1 heterocycles. The molecule has 0 atom stereocenters. The molecule has 0 radical (unpaired) electrons. The Morgan fingerprint density at radius 1 is 1.04 bits per heavy atom. The second kappa shape index (κ2) is 6.76. The maximum Gasteiger partial charge on any atom is 0.279 e. The minimum absolute atomic E-state index is 0.127. The molecule has 0 aliphatic heterocycles. The number of nitrogens with one attached hydrogen (secondary N) is 1. The Hall–Kier alpha value is -3.76. The molecule has 3 rings (SSSR count). The van der Waals surface area contributed by atoms with Gasteiger partial charge < -0.3 is 0 Å². The minimum Gasteiger partial charge on any atom is -0.291 e. The second-order valence-electron chi connectivity index (χ2n) is 5.56. The lowest BCUT2D eigenvalue weighted by molar-refractivity contribution is -0.384. The number of non-ortho nitro benzene ring substituents is 1. The average Bonchev–Trinajstić information content (AvgIpc) is 2.93. The molecule has 1 N–H and O–H groups in total. The molecule has 0 aliphatic rings. The van der Waals surface area contributed by atoms with Crippen molar-refractivity contribution in [2.75, 3.05) is 0 Å². The third-order valence-corrected chi connectivity index (χ3v) is 3.81. The fourth-order valence-corrected chi connectivity index (χ4v) is 2.49. The first-order valence-electron chi connectivity index (χ1n) is 7.41. The predicted octanol–water partition coefficient (Wildman–Crippen LogP) is 2.01. The van der Waals surface area contributed by atoms with E-state index in [4.69, 9.17) is 0 Å². The van der Waals surface area contributed by atoms with Crippen molar-refractivity contribution in [3.63, 3.8) is 0 Å². The summed E-state index contributed by atoms with van der Waals surface area (Å²) in [5.74, 6) is -11.2. The molecule has 0 fully saturated rings. The van der Waals surface area contributed by atoms with Crippen LogP contribution in [0.4, 0.5) is 27.6 Å². The van der Waals surface area contributed by atoms with Crippen molar-refractivity contribution < 1.29 is 26.9 Å². The number of nitro benzene ring substituents is 1. The van der Waals surface area contributed by atoms with Gasteiger partial charge in [0, 0.05) is 12.1 Å². The highest BCUT2D eigenvalue weighted by Gasteiger charge is 2.28. The Morgan fingerprint density at radius 2 is 1.61 bits per heavy atom. The molecular formula is C17H8F5N3O3. The molecule has 0 spiro atoms. The first-order chi connectivity index (χ1) is 13.1. The number of halogens is 5. The molecular weight excluding hydrogens is 389 g/mol. The number of hydrogen-bond donors (Lipinski definition) is 1. The van der Waals surface area contributed by atoms with Crippen LogP contribution in [0.2, 0.25) is 0 Å². The van der Waals surface area contributed by atoms with Crippen LogP contribution in [0.15, 0.2) is 29.1 Å². The number of aromatic nitrogens is 2. The van der Waals surface area contributed by atoms with Crippen LogP contribution in [0, 0.1) is 39.2 Å². The number of rotatable bonds is 3. The summed E-state index contributed by atoms with van der Waals surface area (Å²) >= 11 is 0. The van der Waals surface area contributed by atoms with Gasteiger partial charge in [0.25, 0.3) is 11.2 Å². The molecule has 3 aromatic rings. The lowest BCUT2D eigenvalue weighted by Crippen LogP contribution is -2.34. The van der Waals surface area contributed by atoms with Gasteiger partial charge in [-0.1, -0.05) is 18.7 Å². The zero-order valence-corrected chi connectivity index (χ0v) is 13.6. The predicted molar refractivity (Wildman–Crippen MR) is 87.6 cm³/mol. The van der Waals surface area contributed by atoms with Crippen molar-refractivity contribution in [2.45, 2.75) is 0 Å². The largest absolute Gasteiger partial charge is 0.291 e. The maximum absolute atomic E-state index is 14.0. The van der Waals surface area contributed by atoms with E-state index >= 15 is 0 Å². The van der Waals surface area contributed by atoms with Gasteiger partial charge in [-0.25, -0.2) is 26.6 Å². The molecule has 144 valence electrons. The van der Waals surface area contributed by atoms with E-state index in [9.17, 15) is 36.9 Å². The van der Waals surface area contributed by atoms with Gasteiger partial charge >= 0.3 is 0 Å². The van der Waals surface area contributed by atoms with Gasteiger partial charge in [0.2, 0.25) is 5.82 Å². The van der Waals surface area contributed by atoms with Gasteiger partial charge in [-0.3, -0.25) is 20.0 Å². The minimum atomic E-state index is -2.36. The molecule has 2 aromatic carbocycles. The van der Waals surface area contributed by atoms with E-state index < -0.39 is 45.3 Å². The van der Waals surface area contributed by atoms with Gasteiger partial charge in [0.1, 0.15) is 5.69 Å². The van der Waals surface area contributed by atoms with Crippen molar-refractivity contribution in [1.82, 2.24) is 9.78 Å². The molecule has 1 aromatic heterocycles. The van der Waals surface area contributed by atoms with Crippen LogP contribution in [0.5, 0.6) is 0 Å². The van der Waals surface area contributed by atoms with Crippen molar-refractivity contribution in [1.29, 1.82) is 0 Å². The summed E-state index contributed by atoms with van der Waals surface area (Å²) in [6.07, 6.45) is 1.12. The molecule has 0 saturated carbocycles. The van der Waals surface area contributed by atoms with Gasteiger partial charge in [0.15, 0.2) is 23.3 Å². The molecule has 0 saturated heterocycles. The van der Waals surface area contributed by atoms with Crippen LogP contribution in [-0.2, 0) is 0 Å².